The summed E-state index contributed by atoms with van der Waals surface area (Å²) in [5.74, 6) is 1.88. The maximum absolute atomic E-state index is 4.09. The fourth-order valence-corrected chi connectivity index (χ4v) is 1.41. The van der Waals surface area contributed by atoms with Crippen LogP contribution in [0, 0.1) is 0 Å². The molecule has 1 N–H and O–H groups in total. The van der Waals surface area contributed by atoms with Gasteiger partial charge in [0.15, 0.2) is 11.6 Å². The third-order valence-corrected chi connectivity index (χ3v) is 2.21. The van der Waals surface area contributed by atoms with Crippen molar-refractivity contribution in [3.63, 3.8) is 0 Å². The number of hydrogen-bond acceptors (Lipinski definition) is 6. The molecular formula is C13H15N7. The minimum absolute atomic E-state index is 0.603. The molecule has 0 aliphatic heterocycles. The number of anilines is 2. The van der Waals surface area contributed by atoms with Crippen LogP contribution in [0.3, 0.4) is 0 Å². The van der Waals surface area contributed by atoms with Crippen molar-refractivity contribution >= 4 is 11.6 Å². The zero-order chi connectivity index (χ0) is 14.2. The first-order valence-corrected chi connectivity index (χ1v) is 6.28. The van der Waals surface area contributed by atoms with E-state index in [-0.39, 0.29) is 0 Å². The quantitative estimate of drug-likeness (QED) is 0.785. The van der Waals surface area contributed by atoms with Crippen molar-refractivity contribution in [1.29, 1.82) is 0 Å². The Morgan fingerprint density at radius 3 is 2.50 bits per heavy atom. The van der Waals surface area contributed by atoms with E-state index in [9.17, 15) is 0 Å². The van der Waals surface area contributed by atoms with Crippen molar-refractivity contribution in [1.82, 2.24) is 29.9 Å². The van der Waals surface area contributed by atoms with Crippen LogP contribution >= 0.6 is 0 Å². The molecule has 0 spiro atoms. The van der Waals surface area contributed by atoms with Gasteiger partial charge in [0.05, 0.1) is 6.20 Å². The molecule has 0 saturated carbocycles. The van der Waals surface area contributed by atoms with Gasteiger partial charge < -0.3 is 5.32 Å². The topological polar surface area (TPSA) is 81.4 Å². The maximum atomic E-state index is 4.09. The standard InChI is InChI=1S/C11H9N7.C2H6/c1-4-14-18(7-1)11-3-2-9(16-17-11)15-10-8-12-5-6-13-10;1-2/h1-8H,(H,13,15,16);1-2H3. The molecule has 0 aromatic carbocycles. The first-order chi connectivity index (χ1) is 9.92. The SMILES string of the molecule is CC.c1cnn(-c2ccc(Nc3cnccn3)nn2)c1. The van der Waals surface area contributed by atoms with Crippen LogP contribution in [0.2, 0.25) is 0 Å². The predicted octanol–water partition coefficient (Wildman–Crippen LogP) is 2.22. The Bertz CT molecular complexity index is 605. The Morgan fingerprint density at radius 2 is 1.90 bits per heavy atom. The number of aromatic nitrogens is 6. The summed E-state index contributed by atoms with van der Waals surface area (Å²) in [5.41, 5.74) is 0. The second kappa shape index (κ2) is 6.93. The lowest BCUT2D eigenvalue weighted by atomic mass is 10.5. The van der Waals surface area contributed by atoms with E-state index in [0.29, 0.717) is 17.5 Å². The smallest absolute Gasteiger partial charge is 0.175 e. The van der Waals surface area contributed by atoms with E-state index >= 15 is 0 Å². The minimum Gasteiger partial charge on any atom is -0.322 e. The van der Waals surface area contributed by atoms with Gasteiger partial charge in [0.2, 0.25) is 0 Å². The molecule has 3 aromatic rings. The number of rotatable bonds is 3. The monoisotopic (exact) mass is 269 g/mol. The van der Waals surface area contributed by atoms with Crippen molar-refractivity contribution in [2.24, 2.45) is 0 Å². The van der Waals surface area contributed by atoms with E-state index in [1.54, 1.807) is 41.7 Å². The highest BCUT2D eigenvalue weighted by Gasteiger charge is 2.00. The van der Waals surface area contributed by atoms with Crippen molar-refractivity contribution < 1.29 is 0 Å². The molecule has 102 valence electrons. The first-order valence-electron chi connectivity index (χ1n) is 6.28. The van der Waals surface area contributed by atoms with Crippen molar-refractivity contribution in [2.75, 3.05) is 5.32 Å². The zero-order valence-electron chi connectivity index (χ0n) is 11.3. The number of hydrogen-bond donors (Lipinski definition) is 1. The van der Waals surface area contributed by atoms with E-state index in [1.807, 2.05) is 26.0 Å². The summed E-state index contributed by atoms with van der Waals surface area (Å²) in [4.78, 5) is 8.04. The molecular weight excluding hydrogens is 254 g/mol. The maximum Gasteiger partial charge on any atom is 0.175 e. The Labute approximate surface area is 116 Å². The molecule has 3 aromatic heterocycles. The Morgan fingerprint density at radius 1 is 1.00 bits per heavy atom. The van der Waals surface area contributed by atoms with Gasteiger partial charge in [-0.3, -0.25) is 4.98 Å². The molecule has 7 nitrogen and oxygen atoms in total. The van der Waals surface area contributed by atoms with Gasteiger partial charge in [-0.2, -0.15) is 5.10 Å². The van der Waals surface area contributed by atoms with Crippen LogP contribution in [0.25, 0.3) is 5.82 Å². The third-order valence-electron chi connectivity index (χ3n) is 2.21. The van der Waals surface area contributed by atoms with Gasteiger partial charge in [-0.1, -0.05) is 13.8 Å². The summed E-state index contributed by atoms with van der Waals surface area (Å²) in [5, 5.41) is 15.2. The van der Waals surface area contributed by atoms with Gasteiger partial charge >= 0.3 is 0 Å². The lowest BCUT2D eigenvalue weighted by molar-refractivity contribution is 0.816. The van der Waals surface area contributed by atoms with Gasteiger partial charge in [0.1, 0.15) is 5.82 Å². The van der Waals surface area contributed by atoms with Crippen LogP contribution in [0.1, 0.15) is 13.8 Å². The van der Waals surface area contributed by atoms with Gasteiger partial charge in [-0.25, -0.2) is 9.67 Å². The Balaban J connectivity index is 0.000000704. The van der Waals surface area contributed by atoms with E-state index < -0.39 is 0 Å². The van der Waals surface area contributed by atoms with Crippen LogP contribution < -0.4 is 5.32 Å². The van der Waals surface area contributed by atoms with E-state index in [0.717, 1.165) is 0 Å². The molecule has 0 fully saturated rings. The molecule has 3 rings (SSSR count). The average Bonchev–Trinajstić information content (AvgIpc) is 3.05. The van der Waals surface area contributed by atoms with Gasteiger partial charge in [0, 0.05) is 24.8 Å². The van der Waals surface area contributed by atoms with Crippen LogP contribution in [-0.2, 0) is 0 Å². The van der Waals surface area contributed by atoms with Crippen LogP contribution in [-0.4, -0.2) is 29.9 Å². The van der Waals surface area contributed by atoms with Crippen molar-refractivity contribution in [3.8, 4) is 5.82 Å². The molecule has 0 aliphatic carbocycles. The van der Waals surface area contributed by atoms with Gasteiger partial charge in [-0.05, 0) is 18.2 Å². The Hall–Kier alpha value is -2.83. The average molecular weight is 269 g/mol. The van der Waals surface area contributed by atoms with Crippen molar-refractivity contribution in [3.05, 3.63) is 49.2 Å². The fraction of sp³-hybridized carbons (Fsp3) is 0.154. The zero-order valence-corrected chi connectivity index (χ0v) is 11.3. The summed E-state index contributed by atoms with van der Waals surface area (Å²) < 4.78 is 1.64. The normalized spacial score (nSPS) is 9.50. The highest BCUT2D eigenvalue weighted by atomic mass is 15.3. The minimum atomic E-state index is 0.603. The lowest BCUT2D eigenvalue weighted by Crippen LogP contribution is -2.02. The lowest BCUT2D eigenvalue weighted by Gasteiger charge is -2.03. The molecule has 0 bridgehead atoms. The molecule has 20 heavy (non-hydrogen) atoms. The molecule has 7 heteroatoms. The number of nitrogens with one attached hydrogen (secondary N) is 1. The van der Waals surface area contributed by atoms with Crippen LogP contribution in [0.4, 0.5) is 11.6 Å². The van der Waals surface area contributed by atoms with Gasteiger partial charge in [-0.15, -0.1) is 10.2 Å². The second-order valence-corrected chi connectivity index (χ2v) is 3.44. The summed E-state index contributed by atoms with van der Waals surface area (Å²) in [6.07, 6.45) is 8.32. The van der Waals surface area contributed by atoms with Gasteiger partial charge in [0.25, 0.3) is 0 Å². The molecule has 0 radical (unpaired) electrons. The Kier molecular flexibility index (Phi) is 4.71. The first kappa shape index (κ1) is 13.6. The summed E-state index contributed by atoms with van der Waals surface area (Å²) in [7, 11) is 0. The van der Waals surface area contributed by atoms with E-state index in [2.05, 4.69) is 30.6 Å². The largest absolute Gasteiger partial charge is 0.322 e. The highest BCUT2D eigenvalue weighted by Crippen LogP contribution is 2.10. The fourth-order valence-electron chi connectivity index (χ4n) is 1.41. The van der Waals surface area contributed by atoms with E-state index in [4.69, 9.17) is 0 Å². The predicted molar refractivity (Wildman–Crippen MR) is 75.8 cm³/mol. The van der Waals surface area contributed by atoms with Crippen molar-refractivity contribution in [2.45, 2.75) is 13.8 Å². The van der Waals surface area contributed by atoms with E-state index in [1.165, 1.54) is 0 Å². The van der Waals surface area contributed by atoms with Crippen LogP contribution in [0.15, 0.2) is 49.2 Å². The molecule has 0 unspecified atom stereocenters. The molecule has 0 atom stereocenters. The third kappa shape index (κ3) is 3.35. The summed E-state index contributed by atoms with van der Waals surface area (Å²) in [6, 6.07) is 5.45. The van der Waals surface area contributed by atoms with Crippen LogP contribution in [0.5, 0.6) is 0 Å². The summed E-state index contributed by atoms with van der Waals surface area (Å²) >= 11 is 0. The molecule has 0 aliphatic rings. The highest BCUT2D eigenvalue weighted by molar-refractivity contribution is 5.49. The molecule has 0 amide bonds. The molecule has 0 saturated heterocycles. The number of nitrogens with zero attached hydrogens (tertiary/aromatic N) is 6. The summed E-state index contributed by atoms with van der Waals surface area (Å²) in [6.45, 7) is 4.00. The molecule has 3 heterocycles. The second-order valence-electron chi connectivity index (χ2n) is 3.44.